The first kappa shape index (κ1) is 18.9. The fourth-order valence-electron chi connectivity index (χ4n) is 3.72. The predicted octanol–water partition coefficient (Wildman–Crippen LogP) is 3.61. The first-order valence-corrected chi connectivity index (χ1v) is 8.80. The summed E-state index contributed by atoms with van der Waals surface area (Å²) in [7, 11) is 0. The molecule has 3 unspecified atom stereocenters. The van der Waals surface area contributed by atoms with Crippen LogP contribution in [-0.2, 0) is 0 Å². The fraction of sp³-hybridized carbons (Fsp3) is 0.526. The Kier molecular flexibility index (Phi) is 5.12. The highest BCUT2D eigenvalue weighted by atomic mass is 19.4. The standard InChI is InChI=1S/C19H24F3N3O/c1-14-12-24(13-18(2,26)19(20,21)22)11-9-16(14)17-8-10-23-25(17)15-6-4-3-5-7-15/h3-8,10,14,16,26H,9,11-13H2,1-2H3. The molecule has 0 aliphatic carbocycles. The quantitative estimate of drug-likeness (QED) is 0.898. The molecular formula is C19H24F3N3O. The summed E-state index contributed by atoms with van der Waals surface area (Å²) < 4.78 is 40.7. The Morgan fingerprint density at radius 3 is 2.50 bits per heavy atom. The van der Waals surface area contributed by atoms with Crippen LogP contribution < -0.4 is 0 Å². The number of aromatic nitrogens is 2. The van der Waals surface area contributed by atoms with E-state index >= 15 is 0 Å². The van der Waals surface area contributed by atoms with Crippen LogP contribution in [-0.4, -0.2) is 51.2 Å². The van der Waals surface area contributed by atoms with Crippen molar-refractivity contribution in [3.05, 3.63) is 48.3 Å². The fourth-order valence-corrected chi connectivity index (χ4v) is 3.72. The van der Waals surface area contributed by atoms with E-state index in [9.17, 15) is 18.3 Å². The number of piperidine rings is 1. The lowest BCUT2D eigenvalue weighted by molar-refractivity contribution is -0.258. The molecule has 1 aromatic heterocycles. The summed E-state index contributed by atoms with van der Waals surface area (Å²) in [5.74, 6) is 0.372. The molecule has 1 N–H and O–H groups in total. The first-order valence-electron chi connectivity index (χ1n) is 8.80. The van der Waals surface area contributed by atoms with Gasteiger partial charge in [0, 0.05) is 30.9 Å². The highest BCUT2D eigenvalue weighted by Gasteiger charge is 2.51. The molecule has 0 amide bonds. The number of aliphatic hydroxyl groups is 1. The van der Waals surface area contributed by atoms with Crippen molar-refractivity contribution in [1.29, 1.82) is 0 Å². The highest BCUT2D eigenvalue weighted by Crippen LogP contribution is 2.36. The smallest absolute Gasteiger partial charge is 0.380 e. The lowest BCUT2D eigenvalue weighted by atomic mass is 9.83. The topological polar surface area (TPSA) is 41.3 Å². The minimum atomic E-state index is -4.63. The maximum atomic E-state index is 12.9. The van der Waals surface area contributed by atoms with Gasteiger partial charge in [-0.05, 0) is 44.0 Å². The van der Waals surface area contributed by atoms with Crippen molar-refractivity contribution in [3.8, 4) is 5.69 Å². The third-order valence-electron chi connectivity index (χ3n) is 5.18. The Morgan fingerprint density at radius 2 is 1.88 bits per heavy atom. The van der Waals surface area contributed by atoms with Crippen molar-refractivity contribution in [1.82, 2.24) is 14.7 Å². The molecule has 1 saturated heterocycles. The summed E-state index contributed by atoms with van der Waals surface area (Å²) in [6, 6.07) is 11.8. The van der Waals surface area contributed by atoms with Gasteiger partial charge in [0.15, 0.2) is 5.60 Å². The van der Waals surface area contributed by atoms with E-state index in [-0.39, 0.29) is 11.8 Å². The van der Waals surface area contributed by atoms with Crippen LogP contribution in [0.1, 0.15) is 31.9 Å². The van der Waals surface area contributed by atoms with E-state index in [1.54, 1.807) is 11.1 Å². The normalized spacial score (nSPS) is 24.4. The average Bonchev–Trinajstić information content (AvgIpc) is 3.03. The second-order valence-corrected chi connectivity index (χ2v) is 7.38. The molecule has 7 heteroatoms. The molecular weight excluding hydrogens is 343 g/mol. The molecule has 142 valence electrons. The number of hydrogen-bond donors (Lipinski definition) is 1. The maximum Gasteiger partial charge on any atom is 0.418 e. The van der Waals surface area contributed by atoms with Gasteiger partial charge in [-0.15, -0.1) is 0 Å². The van der Waals surface area contributed by atoms with E-state index in [1.165, 1.54) is 0 Å². The minimum absolute atomic E-state index is 0.159. The maximum absolute atomic E-state index is 12.9. The predicted molar refractivity (Wildman–Crippen MR) is 93.2 cm³/mol. The second kappa shape index (κ2) is 7.04. The van der Waals surface area contributed by atoms with Gasteiger partial charge in [0.25, 0.3) is 0 Å². The summed E-state index contributed by atoms with van der Waals surface area (Å²) in [5.41, 5.74) is -0.640. The van der Waals surface area contributed by atoms with Gasteiger partial charge in [0.05, 0.1) is 5.69 Å². The molecule has 2 aromatic rings. The molecule has 1 aliphatic heterocycles. The van der Waals surface area contributed by atoms with Crippen molar-refractivity contribution in [2.45, 2.75) is 38.0 Å². The van der Waals surface area contributed by atoms with E-state index < -0.39 is 18.3 Å². The number of para-hydroxylation sites is 1. The largest absolute Gasteiger partial charge is 0.418 e. The summed E-state index contributed by atoms with van der Waals surface area (Å²) in [4.78, 5) is 1.71. The summed E-state index contributed by atoms with van der Waals surface area (Å²) in [5, 5.41) is 14.2. The minimum Gasteiger partial charge on any atom is -0.380 e. The van der Waals surface area contributed by atoms with E-state index in [1.807, 2.05) is 48.0 Å². The van der Waals surface area contributed by atoms with Crippen LogP contribution in [0.2, 0.25) is 0 Å². The van der Waals surface area contributed by atoms with Crippen molar-refractivity contribution in [2.75, 3.05) is 19.6 Å². The number of benzene rings is 1. The van der Waals surface area contributed by atoms with Crippen LogP contribution in [0.25, 0.3) is 5.69 Å². The van der Waals surface area contributed by atoms with E-state index in [4.69, 9.17) is 0 Å². The number of β-amino-alcohol motifs (C(OH)–C–C–N with tert-alkyl or cyclic N) is 1. The van der Waals surface area contributed by atoms with Crippen LogP contribution >= 0.6 is 0 Å². The van der Waals surface area contributed by atoms with Gasteiger partial charge < -0.3 is 5.11 Å². The van der Waals surface area contributed by atoms with Gasteiger partial charge in [-0.25, -0.2) is 4.68 Å². The monoisotopic (exact) mass is 367 g/mol. The molecule has 1 aliphatic rings. The van der Waals surface area contributed by atoms with Crippen molar-refractivity contribution >= 4 is 0 Å². The molecule has 0 saturated carbocycles. The van der Waals surface area contributed by atoms with Gasteiger partial charge in [-0.1, -0.05) is 25.1 Å². The van der Waals surface area contributed by atoms with Crippen molar-refractivity contribution < 1.29 is 18.3 Å². The molecule has 3 atom stereocenters. The third-order valence-corrected chi connectivity index (χ3v) is 5.18. The first-order chi connectivity index (χ1) is 12.2. The van der Waals surface area contributed by atoms with Gasteiger partial charge in [-0.2, -0.15) is 18.3 Å². The van der Waals surface area contributed by atoms with Crippen LogP contribution in [0.5, 0.6) is 0 Å². The molecule has 26 heavy (non-hydrogen) atoms. The molecule has 0 radical (unpaired) electrons. The van der Waals surface area contributed by atoms with Gasteiger partial charge in [-0.3, -0.25) is 4.90 Å². The average molecular weight is 367 g/mol. The van der Waals surface area contributed by atoms with E-state index in [2.05, 4.69) is 5.10 Å². The Hall–Kier alpha value is -1.86. The molecule has 4 nitrogen and oxygen atoms in total. The third kappa shape index (κ3) is 3.78. The Labute approximate surface area is 151 Å². The van der Waals surface area contributed by atoms with Crippen molar-refractivity contribution in [3.63, 3.8) is 0 Å². The molecule has 1 aromatic carbocycles. The van der Waals surface area contributed by atoms with Crippen LogP contribution in [0.4, 0.5) is 13.2 Å². The SMILES string of the molecule is CC1CN(CC(C)(O)C(F)(F)F)CCC1c1ccnn1-c1ccccc1. The molecule has 1 fully saturated rings. The van der Waals surface area contributed by atoms with Crippen molar-refractivity contribution in [2.24, 2.45) is 5.92 Å². The number of rotatable bonds is 4. The van der Waals surface area contributed by atoms with Gasteiger partial charge >= 0.3 is 6.18 Å². The van der Waals surface area contributed by atoms with Gasteiger partial charge in [0.1, 0.15) is 0 Å². The molecule has 0 spiro atoms. The number of alkyl halides is 3. The zero-order valence-electron chi connectivity index (χ0n) is 14.9. The number of halogens is 3. The summed E-state index contributed by atoms with van der Waals surface area (Å²) in [6.07, 6.45) is -2.14. The Balaban J connectivity index is 1.72. The van der Waals surface area contributed by atoms with E-state index in [0.717, 1.165) is 24.7 Å². The van der Waals surface area contributed by atoms with Crippen LogP contribution in [0.3, 0.4) is 0 Å². The van der Waals surface area contributed by atoms with E-state index in [0.29, 0.717) is 13.1 Å². The van der Waals surface area contributed by atoms with Crippen LogP contribution in [0, 0.1) is 5.92 Å². The summed E-state index contributed by atoms with van der Waals surface area (Å²) in [6.45, 7) is 3.51. The summed E-state index contributed by atoms with van der Waals surface area (Å²) >= 11 is 0. The number of hydrogen-bond acceptors (Lipinski definition) is 3. The Morgan fingerprint density at radius 1 is 1.19 bits per heavy atom. The highest BCUT2D eigenvalue weighted by molar-refractivity contribution is 5.33. The number of likely N-dealkylation sites (tertiary alicyclic amines) is 1. The second-order valence-electron chi connectivity index (χ2n) is 7.38. The van der Waals surface area contributed by atoms with Gasteiger partial charge in [0.2, 0.25) is 0 Å². The molecule has 3 rings (SSSR count). The number of nitrogens with zero attached hydrogens (tertiary/aromatic N) is 3. The molecule has 0 bridgehead atoms. The lowest BCUT2D eigenvalue weighted by Crippen LogP contribution is -2.53. The molecule has 2 heterocycles. The van der Waals surface area contributed by atoms with Crippen LogP contribution in [0.15, 0.2) is 42.6 Å². The zero-order valence-corrected chi connectivity index (χ0v) is 14.9. The lowest BCUT2D eigenvalue weighted by Gasteiger charge is -2.40. The Bertz CT molecular complexity index is 727. The zero-order chi connectivity index (χ0) is 18.9.